The number of hydrogen-bond donors (Lipinski definition) is 2. The summed E-state index contributed by atoms with van der Waals surface area (Å²) in [4.78, 5) is 25.2. The summed E-state index contributed by atoms with van der Waals surface area (Å²) in [6, 6.07) is 0. The molecule has 1 aliphatic carbocycles. The van der Waals surface area contributed by atoms with Crippen LogP contribution >= 0.6 is 11.3 Å². The van der Waals surface area contributed by atoms with Crippen molar-refractivity contribution >= 4 is 28.2 Å². The predicted molar refractivity (Wildman–Crippen MR) is 83.8 cm³/mol. The molecule has 0 bridgehead atoms. The van der Waals surface area contributed by atoms with Gasteiger partial charge < -0.3 is 15.8 Å². The second-order valence-corrected chi connectivity index (χ2v) is 6.47. The molecule has 0 saturated carbocycles. The van der Waals surface area contributed by atoms with Gasteiger partial charge in [0.25, 0.3) is 0 Å². The minimum atomic E-state index is -0.340. The Hall–Kier alpha value is -1.40. The number of fused-ring (bicyclic) bond motifs is 1. The Morgan fingerprint density at radius 1 is 1.48 bits per heavy atom. The number of carbonyl (C=O) groups excluding carboxylic acids is 2. The summed E-state index contributed by atoms with van der Waals surface area (Å²) in [6.45, 7) is 4.61. The number of esters is 1. The van der Waals surface area contributed by atoms with Gasteiger partial charge in [0.1, 0.15) is 5.00 Å². The van der Waals surface area contributed by atoms with Gasteiger partial charge in [0, 0.05) is 17.8 Å². The van der Waals surface area contributed by atoms with Crippen LogP contribution in [-0.2, 0) is 22.4 Å². The summed E-state index contributed by atoms with van der Waals surface area (Å²) >= 11 is 1.50. The quantitative estimate of drug-likeness (QED) is 0.818. The highest BCUT2D eigenvalue weighted by Crippen LogP contribution is 2.40. The van der Waals surface area contributed by atoms with Crippen LogP contribution in [0.3, 0.4) is 0 Å². The van der Waals surface area contributed by atoms with Gasteiger partial charge in [-0.05, 0) is 37.7 Å². The highest BCUT2D eigenvalue weighted by atomic mass is 32.1. The van der Waals surface area contributed by atoms with Crippen molar-refractivity contribution in [1.29, 1.82) is 0 Å². The Labute approximate surface area is 128 Å². The Morgan fingerprint density at radius 2 is 2.24 bits per heavy atom. The normalized spacial score (nSPS) is 17.2. The van der Waals surface area contributed by atoms with E-state index in [4.69, 9.17) is 10.5 Å². The van der Waals surface area contributed by atoms with Gasteiger partial charge in [0.2, 0.25) is 5.91 Å². The number of hydrogen-bond acceptors (Lipinski definition) is 5. The van der Waals surface area contributed by atoms with Crippen LogP contribution < -0.4 is 11.1 Å². The third kappa shape index (κ3) is 3.63. The minimum Gasteiger partial charge on any atom is -0.462 e. The van der Waals surface area contributed by atoms with Crippen molar-refractivity contribution in [1.82, 2.24) is 0 Å². The molecule has 1 unspecified atom stereocenters. The fourth-order valence-corrected chi connectivity index (χ4v) is 3.99. The van der Waals surface area contributed by atoms with Crippen LogP contribution in [0, 0.1) is 5.92 Å². The molecular formula is C15H22N2O3S. The maximum atomic E-state index is 12.2. The van der Waals surface area contributed by atoms with E-state index in [2.05, 4.69) is 12.2 Å². The Bertz CT molecular complexity index is 539. The molecule has 1 aliphatic rings. The number of nitrogens with one attached hydrogen (secondary N) is 1. The summed E-state index contributed by atoms with van der Waals surface area (Å²) in [6.07, 6.45) is 3.14. The molecule has 1 heterocycles. The molecule has 5 nitrogen and oxygen atoms in total. The van der Waals surface area contributed by atoms with Gasteiger partial charge in [-0.3, -0.25) is 4.79 Å². The minimum absolute atomic E-state index is 0.158. The largest absolute Gasteiger partial charge is 0.462 e. The predicted octanol–water partition coefficient (Wildman–Crippen LogP) is 2.34. The Morgan fingerprint density at radius 3 is 2.90 bits per heavy atom. The zero-order valence-electron chi connectivity index (χ0n) is 12.5. The second kappa shape index (κ2) is 7.04. The van der Waals surface area contributed by atoms with Crippen molar-refractivity contribution in [3.05, 3.63) is 16.0 Å². The number of amides is 1. The van der Waals surface area contributed by atoms with Crippen LogP contribution in [0.2, 0.25) is 0 Å². The first-order valence-electron chi connectivity index (χ1n) is 7.38. The number of thiophene rings is 1. The van der Waals surface area contributed by atoms with E-state index in [0.717, 1.165) is 24.8 Å². The van der Waals surface area contributed by atoms with E-state index in [9.17, 15) is 9.59 Å². The van der Waals surface area contributed by atoms with Crippen LogP contribution in [-0.4, -0.2) is 25.0 Å². The average Bonchev–Trinajstić information content (AvgIpc) is 2.75. The molecule has 2 rings (SSSR count). The number of carbonyl (C=O) groups is 2. The molecule has 1 aromatic rings. The summed E-state index contributed by atoms with van der Waals surface area (Å²) in [5.41, 5.74) is 7.00. The molecule has 1 aromatic heterocycles. The molecule has 1 atom stereocenters. The lowest BCUT2D eigenvalue weighted by molar-refractivity contribution is -0.116. The molecule has 0 saturated heterocycles. The van der Waals surface area contributed by atoms with Crippen LogP contribution in [0.4, 0.5) is 5.00 Å². The molecule has 21 heavy (non-hydrogen) atoms. The zero-order chi connectivity index (χ0) is 15.4. The third-order valence-electron chi connectivity index (χ3n) is 3.62. The van der Waals surface area contributed by atoms with Gasteiger partial charge in [-0.15, -0.1) is 11.3 Å². The molecule has 116 valence electrons. The maximum Gasteiger partial charge on any atom is 0.341 e. The summed E-state index contributed by atoms with van der Waals surface area (Å²) in [5, 5.41) is 3.44. The molecule has 0 spiro atoms. The first kappa shape index (κ1) is 16.0. The fraction of sp³-hybridized carbons (Fsp3) is 0.600. The van der Waals surface area contributed by atoms with E-state index in [-0.39, 0.29) is 18.3 Å². The molecule has 1 amide bonds. The van der Waals surface area contributed by atoms with E-state index in [1.165, 1.54) is 16.2 Å². The van der Waals surface area contributed by atoms with Gasteiger partial charge in [-0.25, -0.2) is 4.79 Å². The van der Waals surface area contributed by atoms with Crippen LogP contribution in [0.5, 0.6) is 0 Å². The number of anilines is 1. The van der Waals surface area contributed by atoms with Crippen molar-refractivity contribution in [3.63, 3.8) is 0 Å². The molecule has 6 heteroatoms. The summed E-state index contributed by atoms with van der Waals surface area (Å²) < 4.78 is 5.15. The van der Waals surface area contributed by atoms with Crippen molar-refractivity contribution in [2.75, 3.05) is 18.5 Å². The molecular weight excluding hydrogens is 288 g/mol. The third-order valence-corrected chi connectivity index (χ3v) is 4.79. The Balaban J connectivity index is 2.33. The van der Waals surface area contributed by atoms with Gasteiger partial charge in [0.15, 0.2) is 0 Å². The first-order valence-corrected chi connectivity index (χ1v) is 8.20. The van der Waals surface area contributed by atoms with Crippen molar-refractivity contribution in [2.24, 2.45) is 11.7 Å². The molecule has 0 radical (unpaired) electrons. The monoisotopic (exact) mass is 310 g/mol. The Kier molecular flexibility index (Phi) is 5.36. The highest BCUT2D eigenvalue weighted by Gasteiger charge is 2.28. The standard InChI is InChI=1S/C15H22N2O3S/c1-3-20-15(19)13-10-5-4-9(2)8-11(10)21-14(13)17-12(18)6-7-16/h9H,3-8,16H2,1-2H3,(H,17,18). The smallest absolute Gasteiger partial charge is 0.341 e. The van der Waals surface area contributed by atoms with Crippen LogP contribution in [0.25, 0.3) is 0 Å². The summed E-state index contributed by atoms with van der Waals surface area (Å²) in [5.74, 6) is 0.112. The van der Waals surface area contributed by atoms with Crippen molar-refractivity contribution in [3.8, 4) is 0 Å². The van der Waals surface area contributed by atoms with E-state index in [1.54, 1.807) is 6.92 Å². The van der Waals surface area contributed by atoms with Gasteiger partial charge in [-0.2, -0.15) is 0 Å². The topological polar surface area (TPSA) is 81.4 Å². The molecule has 0 fully saturated rings. The number of rotatable bonds is 5. The maximum absolute atomic E-state index is 12.2. The van der Waals surface area contributed by atoms with Crippen molar-refractivity contribution < 1.29 is 14.3 Å². The molecule has 0 aliphatic heterocycles. The SMILES string of the molecule is CCOC(=O)c1c(NC(=O)CCN)sc2c1CCC(C)C2. The van der Waals surface area contributed by atoms with E-state index >= 15 is 0 Å². The van der Waals surface area contributed by atoms with Gasteiger partial charge >= 0.3 is 5.97 Å². The van der Waals surface area contributed by atoms with E-state index < -0.39 is 0 Å². The summed E-state index contributed by atoms with van der Waals surface area (Å²) in [7, 11) is 0. The van der Waals surface area contributed by atoms with Gasteiger partial charge in [-0.1, -0.05) is 6.92 Å². The van der Waals surface area contributed by atoms with Crippen LogP contribution in [0.15, 0.2) is 0 Å². The second-order valence-electron chi connectivity index (χ2n) is 5.36. The highest BCUT2D eigenvalue weighted by molar-refractivity contribution is 7.17. The first-order chi connectivity index (χ1) is 10.1. The lowest BCUT2D eigenvalue weighted by Gasteiger charge is -2.18. The molecule has 0 aromatic carbocycles. The number of nitrogens with two attached hydrogens (primary N) is 1. The number of ether oxygens (including phenoxy) is 1. The average molecular weight is 310 g/mol. The fourth-order valence-electron chi connectivity index (χ4n) is 2.58. The molecule has 3 N–H and O–H groups in total. The van der Waals surface area contributed by atoms with E-state index in [1.807, 2.05) is 0 Å². The van der Waals surface area contributed by atoms with Gasteiger partial charge in [0.05, 0.1) is 12.2 Å². The lowest BCUT2D eigenvalue weighted by atomic mass is 9.88. The van der Waals surface area contributed by atoms with Crippen LogP contribution in [0.1, 0.15) is 47.5 Å². The van der Waals surface area contributed by atoms with Crippen molar-refractivity contribution in [2.45, 2.75) is 39.5 Å². The zero-order valence-corrected chi connectivity index (χ0v) is 13.3. The van der Waals surface area contributed by atoms with E-state index in [0.29, 0.717) is 29.6 Å². The lowest BCUT2D eigenvalue weighted by Crippen LogP contribution is -2.18.